The lowest BCUT2D eigenvalue weighted by Gasteiger charge is -2.17. The van der Waals surface area contributed by atoms with Gasteiger partial charge in [-0.3, -0.25) is 0 Å². The SMILES string of the molecule is CC1(c2ccc(Nc3ccccc3C3(C)CC3)cc2)CC1. The third-order valence-electron chi connectivity index (χ3n) is 5.44. The Morgan fingerprint density at radius 3 is 2.00 bits per heavy atom. The lowest BCUT2D eigenvalue weighted by atomic mass is 9.96. The minimum atomic E-state index is 0.394. The van der Waals surface area contributed by atoms with Gasteiger partial charge < -0.3 is 5.32 Å². The van der Waals surface area contributed by atoms with Crippen molar-refractivity contribution in [1.29, 1.82) is 0 Å². The summed E-state index contributed by atoms with van der Waals surface area (Å²) in [5.41, 5.74) is 6.25. The smallest absolute Gasteiger partial charge is 0.0422 e. The second-order valence-corrected chi connectivity index (χ2v) is 7.37. The molecular formula is C20H23N. The number of nitrogens with one attached hydrogen (secondary N) is 1. The van der Waals surface area contributed by atoms with E-state index in [2.05, 4.69) is 67.7 Å². The fourth-order valence-electron chi connectivity index (χ4n) is 3.16. The van der Waals surface area contributed by atoms with E-state index in [0.29, 0.717) is 10.8 Å². The first kappa shape index (κ1) is 12.9. The molecule has 2 aromatic carbocycles. The topological polar surface area (TPSA) is 12.0 Å². The van der Waals surface area contributed by atoms with Gasteiger partial charge in [-0.1, -0.05) is 44.2 Å². The Balaban J connectivity index is 1.59. The van der Waals surface area contributed by atoms with Crippen LogP contribution in [0, 0.1) is 0 Å². The Morgan fingerprint density at radius 1 is 0.762 bits per heavy atom. The van der Waals surface area contributed by atoms with Gasteiger partial charge >= 0.3 is 0 Å². The van der Waals surface area contributed by atoms with Gasteiger partial charge in [0.05, 0.1) is 0 Å². The monoisotopic (exact) mass is 277 g/mol. The van der Waals surface area contributed by atoms with Crippen LogP contribution in [0.2, 0.25) is 0 Å². The molecule has 1 nitrogen and oxygen atoms in total. The maximum absolute atomic E-state index is 3.62. The zero-order valence-corrected chi connectivity index (χ0v) is 12.9. The first-order valence-electron chi connectivity index (χ1n) is 8.06. The Kier molecular flexibility index (Phi) is 2.69. The van der Waals surface area contributed by atoms with Gasteiger partial charge in [-0.25, -0.2) is 0 Å². The lowest BCUT2D eigenvalue weighted by molar-refractivity contribution is 0.787. The number of para-hydroxylation sites is 1. The number of rotatable bonds is 4. The molecule has 1 heteroatoms. The highest BCUT2D eigenvalue weighted by atomic mass is 14.9. The Labute approximate surface area is 127 Å². The van der Waals surface area contributed by atoms with Crippen molar-refractivity contribution in [3.8, 4) is 0 Å². The maximum Gasteiger partial charge on any atom is 0.0422 e. The highest BCUT2D eigenvalue weighted by Gasteiger charge is 2.40. The molecule has 4 rings (SSSR count). The zero-order valence-electron chi connectivity index (χ0n) is 12.9. The van der Waals surface area contributed by atoms with Gasteiger partial charge in [0.1, 0.15) is 0 Å². The van der Waals surface area contributed by atoms with Crippen LogP contribution in [0.5, 0.6) is 0 Å². The summed E-state index contributed by atoms with van der Waals surface area (Å²) in [7, 11) is 0. The average molecular weight is 277 g/mol. The van der Waals surface area contributed by atoms with E-state index in [9.17, 15) is 0 Å². The van der Waals surface area contributed by atoms with Crippen molar-refractivity contribution < 1.29 is 0 Å². The summed E-state index contributed by atoms with van der Waals surface area (Å²) in [5.74, 6) is 0. The van der Waals surface area contributed by atoms with E-state index in [4.69, 9.17) is 0 Å². The van der Waals surface area contributed by atoms with Crippen LogP contribution in [-0.2, 0) is 10.8 Å². The number of hydrogen-bond acceptors (Lipinski definition) is 1. The molecule has 108 valence electrons. The lowest BCUT2D eigenvalue weighted by Crippen LogP contribution is -2.05. The average Bonchev–Trinajstić information content (AvgIpc) is 3.41. The van der Waals surface area contributed by atoms with E-state index in [1.54, 1.807) is 0 Å². The highest BCUT2D eigenvalue weighted by Crippen LogP contribution is 2.50. The van der Waals surface area contributed by atoms with Crippen LogP contribution in [0.25, 0.3) is 0 Å². The van der Waals surface area contributed by atoms with E-state index in [0.717, 1.165) is 0 Å². The van der Waals surface area contributed by atoms with Crippen LogP contribution < -0.4 is 5.32 Å². The molecule has 2 aliphatic carbocycles. The molecule has 0 saturated heterocycles. The minimum absolute atomic E-state index is 0.394. The largest absolute Gasteiger partial charge is 0.355 e. The molecule has 0 bridgehead atoms. The summed E-state index contributed by atoms with van der Waals surface area (Å²) >= 11 is 0. The zero-order chi connectivity index (χ0) is 14.5. The fourth-order valence-corrected chi connectivity index (χ4v) is 3.16. The predicted molar refractivity (Wildman–Crippen MR) is 89.3 cm³/mol. The van der Waals surface area contributed by atoms with E-state index in [-0.39, 0.29) is 0 Å². The summed E-state index contributed by atoms with van der Waals surface area (Å²) < 4.78 is 0. The molecule has 21 heavy (non-hydrogen) atoms. The molecule has 0 atom stereocenters. The van der Waals surface area contributed by atoms with Gasteiger partial charge in [-0.05, 0) is 65.8 Å². The van der Waals surface area contributed by atoms with Gasteiger partial charge in [0.25, 0.3) is 0 Å². The summed E-state index contributed by atoms with van der Waals surface area (Å²) in [6.45, 7) is 4.73. The van der Waals surface area contributed by atoms with Crippen molar-refractivity contribution in [2.45, 2.75) is 50.4 Å². The van der Waals surface area contributed by atoms with Crippen LogP contribution in [0.4, 0.5) is 11.4 Å². The van der Waals surface area contributed by atoms with E-state index < -0.39 is 0 Å². The van der Waals surface area contributed by atoms with Gasteiger partial charge in [0.2, 0.25) is 0 Å². The third kappa shape index (κ3) is 2.35. The molecule has 2 aromatic rings. The first-order valence-corrected chi connectivity index (χ1v) is 8.06. The first-order chi connectivity index (χ1) is 10.1. The Bertz CT molecular complexity index is 660. The van der Waals surface area contributed by atoms with E-state index in [1.165, 1.54) is 48.2 Å². The van der Waals surface area contributed by atoms with Gasteiger partial charge in [-0.15, -0.1) is 0 Å². The Hall–Kier alpha value is -1.76. The van der Waals surface area contributed by atoms with Crippen molar-refractivity contribution in [2.24, 2.45) is 0 Å². The quantitative estimate of drug-likeness (QED) is 0.774. The third-order valence-corrected chi connectivity index (χ3v) is 5.44. The van der Waals surface area contributed by atoms with Crippen molar-refractivity contribution in [3.05, 3.63) is 59.7 Å². The second kappa shape index (κ2) is 4.37. The molecule has 0 heterocycles. The maximum atomic E-state index is 3.62. The molecule has 2 saturated carbocycles. The molecular weight excluding hydrogens is 254 g/mol. The van der Waals surface area contributed by atoms with Crippen molar-refractivity contribution >= 4 is 11.4 Å². The molecule has 1 N–H and O–H groups in total. The number of hydrogen-bond donors (Lipinski definition) is 1. The van der Waals surface area contributed by atoms with Crippen molar-refractivity contribution in [1.82, 2.24) is 0 Å². The van der Waals surface area contributed by atoms with Crippen LogP contribution in [-0.4, -0.2) is 0 Å². The molecule has 0 spiro atoms. The minimum Gasteiger partial charge on any atom is -0.355 e. The van der Waals surface area contributed by atoms with Crippen LogP contribution >= 0.6 is 0 Å². The second-order valence-electron chi connectivity index (χ2n) is 7.37. The van der Waals surface area contributed by atoms with E-state index >= 15 is 0 Å². The molecule has 0 unspecified atom stereocenters. The summed E-state index contributed by atoms with van der Waals surface area (Å²) in [6.07, 6.45) is 5.29. The summed E-state index contributed by atoms with van der Waals surface area (Å²) in [4.78, 5) is 0. The molecule has 2 aliphatic rings. The summed E-state index contributed by atoms with van der Waals surface area (Å²) in [6, 6.07) is 17.8. The standard InChI is InChI=1S/C20H23N/c1-19(11-12-19)15-7-9-16(10-8-15)21-18-6-4-3-5-17(18)20(2)13-14-20/h3-10,21H,11-14H2,1-2H3. The Morgan fingerprint density at radius 2 is 1.38 bits per heavy atom. The van der Waals surface area contributed by atoms with Gasteiger partial charge in [0.15, 0.2) is 0 Å². The van der Waals surface area contributed by atoms with Crippen LogP contribution in [0.15, 0.2) is 48.5 Å². The predicted octanol–water partition coefficient (Wildman–Crippen LogP) is 5.53. The van der Waals surface area contributed by atoms with Crippen LogP contribution in [0.3, 0.4) is 0 Å². The van der Waals surface area contributed by atoms with Gasteiger partial charge in [0, 0.05) is 11.4 Å². The molecule has 0 radical (unpaired) electrons. The molecule has 2 fully saturated rings. The van der Waals surface area contributed by atoms with Crippen molar-refractivity contribution in [3.63, 3.8) is 0 Å². The number of anilines is 2. The molecule has 0 amide bonds. The fraction of sp³-hybridized carbons (Fsp3) is 0.400. The van der Waals surface area contributed by atoms with Gasteiger partial charge in [-0.2, -0.15) is 0 Å². The number of benzene rings is 2. The molecule has 0 aliphatic heterocycles. The normalized spacial score (nSPS) is 20.9. The summed E-state index contributed by atoms with van der Waals surface area (Å²) in [5, 5.41) is 3.62. The molecule has 0 aromatic heterocycles. The van der Waals surface area contributed by atoms with E-state index in [1.807, 2.05) is 0 Å². The van der Waals surface area contributed by atoms with Crippen molar-refractivity contribution in [2.75, 3.05) is 5.32 Å². The van der Waals surface area contributed by atoms with Crippen LogP contribution in [0.1, 0.15) is 50.7 Å². The highest BCUT2D eigenvalue weighted by molar-refractivity contribution is 5.66.